The Labute approximate surface area is 171 Å². The first-order valence-corrected chi connectivity index (χ1v) is 10.2. The summed E-state index contributed by atoms with van der Waals surface area (Å²) < 4.78 is 22.7. The van der Waals surface area contributed by atoms with E-state index in [9.17, 15) is 29.7 Å². The Kier molecular flexibility index (Phi) is 3.06. The van der Waals surface area contributed by atoms with Crippen LogP contribution < -0.4 is 0 Å². The van der Waals surface area contributed by atoms with Gasteiger partial charge in [0.2, 0.25) is 6.29 Å². The summed E-state index contributed by atoms with van der Waals surface area (Å²) in [6.07, 6.45) is -8.29. The van der Waals surface area contributed by atoms with Gasteiger partial charge in [-0.1, -0.05) is 27.7 Å². The molecule has 0 amide bonds. The average molecular weight is 424 g/mol. The minimum Gasteiger partial charge on any atom is -0.459 e. The topological polar surface area (TPSA) is 149 Å². The van der Waals surface area contributed by atoms with E-state index in [4.69, 9.17) is 18.9 Å². The lowest BCUT2D eigenvalue weighted by atomic mass is 9.51. The molecule has 10 heteroatoms. The molecule has 6 rings (SSSR count). The molecule has 4 unspecified atom stereocenters. The van der Waals surface area contributed by atoms with E-state index in [0.29, 0.717) is 0 Å². The van der Waals surface area contributed by atoms with Crippen molar-refractivity contribution in [3.05, 3.63) is 0 Å². The molecule has 10 nitrogen and oxygen atoms in total. The number of fused-ring (bicyclic) bond motifs is 1. The molecule has 6 fully saturated rings. The fraction of sp³-hybridized carbons (Fsp3) is 0.850. The average Bonchev–Trinajstić information content (AvgIpc) is 3.34. The van der Waals surface area contributed by atoms with Gasteiger partial charge in [-0.05, 0) is 5.41 Å². The highest BCUT2D eigenvalue weighted by atomic mass is 16.7. The maximum absolute atomic E-state index is 13.3. The van der Waals surface area contributed by atoms with Crippen molar-refractivity contribution in [3.8, 4) is 0 Å². The van der Waals surface area contributed by atoms with Crippen molar-refractivity contribution in [2.45, 2.75) is 70.1 Å². The van der Waals surface area contributed by atoms with Crippen molar-refractivity contribution >= 4 is 17.9 Å². The summed E-state index contributed by atoms with van der Waals surface area (Å²) in [7, 11) is 0. The van der Waals surface area contributed by atoms with E-state index in [1.54, 1.807) is 6.92 Å². The Morgan fingerprint density at radius 1 is 0.967 bits per heavy atom. The van der Waals surface area contributed by atoms with Crippen LogP contribution in [0.4, 0.5) is 0 Å². The van der Waals surface area contributed by atoms with Crippen LogP contribution in [0, 0.1) is 34.0 Å². The number of carbonyl (C=O) groups is 3. The van der Waals surface area contributed by atoms with Gasteiger partial charge in [0.15, 0.2) is 11.7 Å². The number of hydrogen-bond acceptors (Lipinski definition) is 10. The fourth-order valence-electron chi connectivity index (χ4n) is 8.28. The van der Waals surface area contributed by atoms with Gasteiger partial charge < -0.3 is 34.3 Å². The smallest absolute Gasteiger partial charge is 0.340 e. The third-order valence-corrected chi connectivity index (χ3v) is 8.76. The summed E-state index contributed by atoms with van der Waals surface area (Å²) in [5.74, 6) is -4.90. The van der Waals surface area contributed by atoms with Crippen LogP contribution >= 0.6 is 0 Å². The monoisotopic (exact) mass is 424 g/mol. The fourth-order valence-corrected chi connectivity index (χ4v) is 8.28. The van der Waals surface area contributed by atoms with Gasteiger partial charge in [0.05, 0.1) is 28.8 Å². The van der Waals surface area contributed by atoms with Crippen LogP contribution in [-0.2, 0) is 33.3 Å². The number of rotatable bonds is 0. The molecular weight excluding hydrogens is 400 g/mol. The Hall–Kier alpha value is -1.75. The molecule has 12 atom stereocenters. The minimum absolute atomic E-state index is 0.581. The number of aliphatic hydroxyl groups excluding tert-OH is 3. The van der Waals surface area contributed by atoms with Gasteiger partial charge in [-0.2, -0.15) is 0 Å². The molecule has 0 aromatic rings. The highest BCUT2D eigenvalue weighted by molar-refractivity contribution is 5.92. The number of esters is 3. The Balaban J connectivity index is 1.71. The lowest BCUT2D eigenvalue weighted by Crippen LogP contribution is -2.63. The molecule has 0 radical (unpaired) electrons. The predicted octanol–water partition coefficient (Wildman–Crippen LogP) is -1.51. The van der Waals surface area contributed by atoms with Gasteiger partial charge in [0, 0.05) is 5.92 Å². The highest BCUT2D eigenvalue weighted by Gasteiger charge is 3.01. The summed E-state index contributed by atoms with van der Waals surface area (Å²) in [6, 6.07) is 0. The predicted molar refractivity (Wildman–Crippen MR) is 91.9 cm³/mol. The second kappa shape index (κ2) is 4.85. The standard InChI is InChI=1S/C20H24O10/c1-5-6-8(27-13(5)24)10(22)19-12-7(21)9(17(2,3)4)18(19)11(23)14(25)29-16(18)30-20(6,19)15(26)28-12/h5-12,16,21-23H,1-4H3/t5-,6-,7+,8+,9-,10?,11?,12+,16-,18?,19?,20+/m0/s1. The molecule has 6 aliphatic rings. The van der Waals surface area contributed by atoms with E-state index in [1.807, 2.05) is 20.8 Å². The van der Waals surface area contributed by atoms with Gasteiger partial charge in [-0.15, -0.1) is 0 Å². The maximum atomic E-state index is 13.3. The summed E-state index contributed by atoms with van der Waals surface area (Å²) >= 11 is 0. The highest BCUT2D eigenvalue weighted by Crippen LogP contribution is 2.83. The lowest BCUT2D eigenvalue weighted by molar-refractivity contribution is -0.208. The van der Waals surface area contributed by atoms with Crippen LogP contribution in [0.25, 0.3) is 0 Å². The Morgan fingerprint density at radius 3 is 2.27 bits per heavy atom. The van der Waals surface area contributed by atoms with Gasteiger partial charge in [-0.3, -0.25) is 4.79 Å². The molecule has 164 valence electrons. The number of carbonyl (C=O) groups excluding carboxylic acids is 3. The zero-order chi connectivity index (χ0) is 21.8. The zero-order valence-corrected chi connectivity index (χ0v) is 16.9. The summed E-state index contributed by atoms with van der Waals surface area (Å²) in [6.45, 7) is 7.05. The van der Waals surface area contributed by atoms with Crippen molar-refractivity contribution in [2.75, 3.05) is 0 Å². The second-order valence-corrected chi connectivity index (χ2v) is 10.6. The molecule has 4 aliphatic heterocycles. The molecule has 0 bridgehead atoms. The first-order chi connectivity index (χ1) is 13.9. The number of hydrogen-bond donors (Lipinski definition) is 3. The van der Waals surface area contributed by atoms with Crippen molar-refractivity contribution in [1.29, 1.82) is 0 Å². The van der Waals surface area contributed by atoms with E-state index in [0.717, 1.165) is 0 Å². The van der Waals surface area contributed by atoms with Crippen molar-refractivity contribution in [2.24, 2.45) is 34.0 Å². The van der Waals surface area contributed by atoms with Crippen LogP contribution in [0.5, 0.6) is 0 Å². The van der Waals surface area contributed by atoms with Crippen molar-refractivity contribution < 1.29 is 48.7 Å². The molecule has 2 spiro atoms. The molecule has 4 saturated heterocycles. The van der Waals surface area contributed by atoms with Crippen LogP contribution in [0.1, 0.15) is 27.7 Å². The summed E-state index contributed by atoms with van der Waals surface area (Å²) in [4.78, 5) is 38.2. The third kappa shape index (κ3) is 1.40. The molecular formula is C20H24O10. The number of ether oxygens (including phenoxy) is 4. The SMILES string of the molecule is C[C@@H]1C(=O)O[C@H]2C(O)C34[C@@H]5OC(=O)[C@]3(O[C@@H]3OC(=O)C(O)C34[C@H](C(C)(C)C)[C@H]5O)[C@@H]12. The minimum atomic E-state index is -1.89. The second-order valence-electron chi connectivity index (χ2n) is 10.6. The van der Waals surface area contributed by atoms with E-state index >= 15 is 0 Å². The summed E-state index contributed by atoms with van der Waals surface area (Å²) in [5.41, 5.74) is -5.96. The van der Waals surface area contributed by atoms with Crippen LogP contribution in [-0.4, -0.2) is 75.6 Å². The molecule has 30 heavy (non-hydrogen) atoms. The van der Waals surface area contributed by atoms with Crippen molar-refractivity contribution in [3.63, 3.8) is 0 Å². The van der Waals surface area contributed by atoms with Crippen LogP contribution in [0.2, 0.25) is 0 Å². The lowest BCUT2D eigenvalue weighted by Gasteiger charge is -2.47. The first kappa shape index (κ1) is 19.0. The van der Waals surface area contributed by atoms with Crippen LogP contribution in [0.3, 0.4) is 0 Å². The summed E-state index contributed by atoms with van der Waals surface area (Å²) in [5, 5.41) is 34.2. The molecule has 0 aromatic carbocycles. The van der Waals surface area contributed by atoms with Gasteiger partial charge in [-0.25, -0.2) is 9.59 Å². The van der Waals surface area contributed by atoms with Crippen molar-refractivity contribution in [1.82, 2.24) is 0 Å². The van der Waals surface area contributed by atoms with E-state index in [1.165, 1.54) is 0 Å². The van der Waals surface area contributed by atoms with E-state index in [2.05, 4.69) is 0 Å². The van der Waals surface area contributed by atoms with Crippen LogP contribution in [0.15, 0.2) is 0 Å². The van der Waals surface area contributed by atoms with E-state index < -0.39 is 94.3 Å². The van der Waals surface area contributed by atoms with Gasteiger partial charge in [0.1, 0.15) is 18.3 Å². The molecule has 4 heterocycles. The molecule has 2 saturated carbocycles. The molecule has 3 N–H and O–H groups in total. The normalized spacial score (nSPS) is 60.1. The third-order valence-electron chi connectivity index (χ3n) is 8.76. The first-order valence-electron chi connectivity index (χ1n) is 10.2. The van der Waals surface area contributed by atoms with E-state index in [-0.39, 0.29) is 0 Å². The molecule has 0 aromatic heterocycles. The zero-order valence-electron chi connectivity index (χ0n) is 16.9. The Bertz CT molecular complexity index is 910. The molecule has 2 aliphatic carbocycles. The maximum Gasteiger partial charge on any atom is 0.340 e. The van der Waals surface area contributed by atoms with Gasteiger partial charge >= 0.3 is 17.9 Å². The van der Waals surface area contributed by atoms with Gasteiger partial charge in [0.25, 0.3) is 0 Å². The Morgan fingerprint density at radius 2 is 1.63 bits per heavy atom. The largest absolute Gasteiger partial charge is 0.459 e. The quantitative estimate of drug-likeness (QED) is 0.309. The number of aliphatic hydroxyl groups is 3.